The number of nitrogens with one attached hydrogen (secondary N) is 2. The number of aromatic nitrogens is 1. The largest absolute Gasteiger partial charge is 0.389 e. The lowest BCUT2D eigenvalue weighted by molar-refractivity contribution is -0.149. The number of fused-ring (bicyclic) bond motifs is 1. The molecular formula is C24H28Cl2N4O5. The first-order valence-electron chi connectivity index (χ1n) is 11.5. The molecular weight excluding hydrogens is 495 g/mol. The van der Waals surface area contributed by atoms with Crippen molar-refractivity contribution in [2.75, 3.05) is 25.1 Å². The minimum atomic E-state index is -0.827. The third-order valence-corrected chi connectivity index (χ3v) is 6.80. The molecule has 9 nitrogen and oxygen atoms in total. The first-order chi connectivity index (χ1) is 16.9. The highest BCUT2D eigenvalue weighted by atomic mass is 35.5. The van der Waals surface area contributed by atoms with E-state index < -0.39 is 12.2 Å². The van der Waals surface area contributed by atoms with Crippen molar-refractivity contribution in [2.45, 2.75) is 50.2 Å². The van der Waals surface area contributed by atoms with Gasteiger partial charge in [0.25, 0.3) is 0 Å². The highest BCUT2D eigenvalue weighted by molar-refractivity contribution is 6.42. The zero-order chi connectivity index (χ0) is 24.8. The molecule has 3 N–H and O–H groups in total. The molecule has 0 aliphatic carbocycles. The van der Waals surface area contributed by atoms with E-state index in [1.807, 2.05) is 12.1 Å². The van der Waals surface area contributed by atoms with Gasteiger partial charge in [-0.1, -0.05) is 23.2 Å². The molecule has 0 bridgehead atoms. The molecule has 4 atom stereocenters. The third kappa shape index (κ3) is 7.05. The number of hydrogen-bond acceptors (Lipinski definition) is 6. The predicted octanol–water partition coefficient (Wildman–Crippen LogP) is 3.24. The van der Waals surface area contributed by atoms with E-state index in [9.17, 15) is 14.7 Å². The first-order valence-corrected chi connectivity index (χ1v) is 12.2. The monoisotopic (exact) mass is 522 g/mol. The molecule has 0 unspecified atom stereocenters. The van der Waals surface area contributed by atoms with Crippen molar-refractivity contribution in [2.24, 2.45) is 0 Å². The smallest absolute Gasteiger partial charge is 0.322 e. The Bertz CT molecular complexity index is 1030. The maximum absolute atomic E-state index is 13.2. The Kier molecular flexibility index (Phi) is 8.80. The van der Waals surface area contributed by atoms with Crippen molar-refractivity contribution in [3.63, 3.8) is 0 Å². The van der Waals surface area contributed by atoms with Gasteiger partial charge in [0.2, 0.25) is 5.91 Å². The maximum atomic E-state index is 13.2. The van der Waals surface area contributed by atoms with Gasteiger partial charge in [-0.15, -0.1) is 0 Å². The fourth-order valence-electron chi connectivity index (χ4n) is 4.32. The van der Waals surface area contributed by atoms with E-state index in [1.54, 1.807) is 35.5 Å². The number of urea groups is 1. The van der Waals surface area contributed by atoms with Gasteiger partial charge in [0.1, 0.15) is 6.10 Å². The van der Waals surface area contributed by atoms with Crippen LogP contribution in [0.5, 0.6) is 0 Å². The highest BCUT2D eigenvalue weighted by Crippen LogP contribution is 2.29. The molecule has 3 heterocycles. The Balaban J connectivity index is 1.37. The van der Waals surface area contributed by atoms with Crippen LogP contribution in [-0.2, 0) is 20.8 Å². The summed E-state index contributed by atoms with van der Waals surface area (Å²) in [5.41, 5.74) is 1.46. The average molecular weight is 523 g/mol. The minimum absolute atomic E-state index is 0.0836. The Labute approximate surface area is 213 Å². The minimum Gasteiger partial charge on any atom is -0.389 e. The second kappa shape index (κ2) is 12.0. The molecule has 2 aromatic rings. The molecule has 1 aromatic heterocycles. The standard InChI is InChI=1S/C24H28Cl2N4O5/c25-19-3-1-16(9-20(19)26)29-24(33)30-12-17(31)13-34-14-22-21(30)4-2-18(35-22)10-23(32)28-11-15-5-7-27-8-6-15/h1,3,5-9,17-18,21-22,31H,2,4,10-14H2,(H,28,32)(H,29,33)/t17-,18+,21+,22-/m1/s1. The third-order valence-electron chi connectivity index (χ3n) is 6.06. The molecule has 35 heavy (non-hydrogen) atoms. The summed E-state index contributed by atoms with van der Waals surface area (Å²) in [5, 5.41) is 16.8. The van der Waals surface area contributed by atoms with Crippen molar-refractivity contribution >= 4 is 40.8 Å². The van der Waals surface area contributed by atoms with Gasteiger partial charge in [0, 0.05) is 24.6 Å². The second-order valence-electron chi connectivity index (χ2n) is 8.68. The highest BCUT2D eigenvalue weighted by Gasteiger charge is 2.40. The summed E-state index contributed by atoms with van der Waals surface area (Å²) in [6.45, 7) is 0.812. The molecule has 3 amide bonds. The Morgan fingerprint density at radius 1 is 1.11 bits per heavy atom. The van der Waals surface area contributed by atoms with E-state index in [2.05, 4.69) is 15.6 Å². The molecule has 2 aliphatic heterocycles. The normalized spacial score (nSPS) is 24.6. The summed E-state index contributed by atoms with van der Waals surface area (Å²) in [7, 11) is 0. The Morgan fingerprint density at radius 3 is 2.69 bits per heavy atom. The number of carbonyl (C=O) groups excluding carboxylic acids is 2. The fraction of sp³-hybridized carbons (Fsp3) is 0.458. The van der Waals surface area contributed by atoms with Gasteiger partial charge in [0.15, 0.2) is 0 Å². The number of carbonyl (C=O) groups is 2. The van der Waals surface area contributed by atoms with E-state index >= 15 is 0 Å². The number of β-amino-alcohol motifs (C(OH)–C–C–N with tert-alkyl or cyclic N) is 1. The summed E-state index contributed by atoms with van der Waals surface area (Å²) in [6.07, 6.45) is 3.24. The molecule has 0 spiro atoms. The van der Waals surface area contributed by atoms with Crippen LogP contribution >= 0.6 is 23.2 Å². The van der Waals surface area contributed by atoms with Crippen molar-refractivity contribution in [3.8, 4) is 0 Å². The van der Waals surface area contributed by atoms with Crippen LogP contribution in [0.1, 0.15) is 24.8 Å². The van der Waals surface area contributed by atoms with Crippen LogP contribution in [0, 0.1) is 0 Å². The molecule has 1 aromatic carbocycles. The summed E-state index contributed by atoms with van der Waals surface area (Å²) in [6, 6.07) is 7.83. The second-order valence-corrected chi connectivity index (χ2v) is 9.49. The van der Waals surface area contributed by atoms with E-state index in [1.165, 1.54) is 0 Å². The van der Waals surface area contributed by atoms with E-state index in [0.717, 1.165) is 5.56 Å². The number of aliphatic hydroxyl groups excluding tert-OH is 1. The number of benzene rings is 1. The molecule has 11 heteroatoms. The lowest BCUT2D eigenvalue weighted by atomic mass is 9.95. The number of aliphatic hydroxyl groups is 1. The van der Waals surface area contributed by atoms with Crippen LogP contribution in [0.4, 0.5) is 10.5 Å². The lowest BCUT2D eigenvalue weighted by Gasteiger charge is -2.44. The Morgan fingerprint density at radius 2 is 1.91 bits per heavy atom. The number of ether oxygens (including phenoxy) is 2. The SMILES string of the molecule is O=C(C[C@@H]1CC[C@H]2[C@@H](COC[C@H](O)CN2C(=O)Nc2ccc(Cl)c(Cl)c2)O1)NCc1ccncc1. The predicted molar refractivity (Wildman–Crippen MR) is 131 cm³/mol. The van der Waals surface area contributed by atoms with Crippen LogP contribution in [0.2, 0.25) is 10.0 Å². The summed E-state index contributed by atoms with van der Waals surface area (Å²) < 4.78 is 11.8. The van der Waals surface area contributed by atoms with E-state index in [4.69, 9.17) is 32.7 Å². The van der Waals surface area contributed by atoms with Gasteiger partial charge >= 0.3 is 6.03 Å². The number of rotatable bonds is 5. The van der Waals surface area contributed by atoms with Crippen molar-refractivity contribution in [1.29, 1.82) is 0 Å². The van der Waals surface area contributed by atoms with Crippen LogP contribution in [-0.4, -0.2) is 71.0 Å². The Hall–Kier alpha value is -2.43. The molecule has 188 valence electrons. The average Bonchev–Trinajstić information content (AvgIpc) is 2.83. The number of nitrogens with zero attached hydrogens (tertiary/aromatic N) is 2. The lowest BCUT2D eigenvalue weighted by Crippen LogP contribution is -2.58. The molecule has 0 radical (unpaired) electrons. The summed E-state index contributed by atoms with van der Waals surface area (Å²) in [5.74, 6) is -0.110. The van der Waals surface area contributed by atoms with Gasteiger partial charge < -0.3 is 30.1 Å². The van der Waals surface area contributed by atoms with E-state index in [0.29, 0.717) is 35.1 Å². The molecule has 2 fully saturated rings. The zero-order valence-electron chi connectivity index (χ0n) is 19.0. The summed E-state index contributed by atoms with van der Waals surface area (Å²) >= 11 is 12.0. The maximum Gasteiger partial charge on any atom is 0.322 e. The molecule has 2 saturated heterocycles. The van der Waals surface area contributed by atoms with Crippen LogP contribution < -0.4 is 10.6 Å². The number of hydrogen-bond donors (Lipinski definition) is 3. The van der Waals surface area contributed by atoms with Crippen molar-refractivity contribution in [3.05, 3.63) is 58.3 Å². The van der Waals surface area contributed by atoms with Gasteiger partial charge in [-0.2, -0.15) is 0 Å². The number of anilines is 1. The zero-order valence-corrected chi connectivity index (χ0v) is 20.5. The van der Waals surface area contributed by atoms with Gasteiger partial charge in [0.05, 0.1) is 54.5 Å². The van der Waals surface area contributed by atoms with Crippen molar-refractivity contribution in [1.82, 2.24) is 15.2 Å². The van der Waals surface area contributed by atoms with Crippen molar-refractivity contribution < 1.29 is 24.2 Å². The molecule has 2 aliphatic rings. The number of pyridine rings is 1. The quantitative estimate of drug-likeness (QED) is 0.555. The fourth-order valence-corrected chi connectivity index (χ4v) is 4.62. The molecule has 4 rings (SSSR count). The van der Waals surface area contributed by atoms with Gasteiger partial charge in [-0.05, 0) is 48.7 Å². The van der Waals surface area contributed by atoms with E-state index in [-0.39, 0.29) is 50.3 Å². The van der Waals surface area contributed by atoms with Crippen LogP contribution in [0.15, 0.2) is 42.7 Å². The van der Waals surface area contributed by atoms with Gasteiger partial charge in [-0.3, -0.25) is 9.78 Å². The summed E-state index contributed by atoms with van der Waals surface area (Å²) in [4.78, 5) is 31.2. The van der Waals surface area contributed by atoms with Gasteiger partial charge in [-0.25, -0.2) is 4.79 Å². The number of amides is 3. The number of halogens is 2. The first kappa shape index (κ1) is 25.7. The topological polar surface area (TPSA) is 113 Å². The molecule has 0 saturated carbocycles. The van der Waals surface area contributed by atoms with Crippen LogP contribution in [0.3, 0.4) is 0 Å². The van der Waals surface area contributed by atoms with Crippen LogP contribution in [0.25, 0.3) is 0 Å².